The number of fused-ring (bicyclic) bond motifs is 3. The molecule has 4 nitrogen and oxygen atoms in total. The van der Waals surface area contributed by atoms with Crippen molar-refractivity contribution in [3.63, 3.8) is 0 Å². The lowest BCUT2D eigenvalue weighted by atomic mass is 9.87. The van der Waals surface area contributed by atoms with Crippen LogP contribution in [-0.4, -0.2) is 18.6 Å². The molecule has 0 spiro atoms. The van der Waals surface area contributed by atoms with Gasteiger partial charge in [0.1, 0.15) is 11.9 Å². The van der Waals surface area contributed by atoms with Gasteiger partial charge in [0, 0.05) is 29.5 Å². The second kappa shape index (κ2) is 5.26. The van der Waals surface area contributed by atoms with Crippen LogP contribution in [0.5, 0.6) is 5.75 Å². The van der Waals surface area contributed by atoms with E-state index >= 15 is 0 Å². The maximum atomic E-state index is 11.8. The lowest BCUT2D eigenvalue weighted by Gasteiger charge is -2.25. The first-order valence-electron chi connectivity index (χ1n) is 6.86. The first-order valence-corrected chi connectivity index (χ1v) is 6.86. The molecule has 3 N–H and O–H groups in total. The highest BCUT2D eigenvalue weighted by molar-refractivity contribution is 5.97. The predicted octanol–water partition coefficient (Wildman–Crippen LogP) is 2.37. The lowest BCUT2D eigenvalue weighted by Crippen LogP contribution is -2.29. The minimum atomic E-state index is -0.00534. The summed E-state index contributed by atoms with van der Waals surface area (Å²) in [5, 5.41) is 3.01. The van der Waals surface area contributed by atoms with Crippen LogP contribution < -0.4 is 15.8 Å². The van der Waals surface area contributed by atoms with Crippen molar-refractivity contribution >= 4 is 24.0 Å². The summed E-state index contributed by atoms with van der Waals surface area (Å²) >= 11 is 0. The molecule has 3 unspecified atom stereocenters. The number of aryl methyl sites for hydroxylation is 1. The number of halogens is 1. The predicted molar refractivity (Wildman–Crippen MR) is 81.8 cm³/mol. The molecule has 3 rings (SSSR count). The van der Waals surface area contributed by atoms with Gasteiger partial charge >= 0.3 is 0 Å². The van der Waals surface area contributed by atoms with Crippen LogP contribution >= 0.6 is 12.4 Å². The fourth-order valence-corrected chi connectivity index (χ4v) is 3.09. The molecule has 3 atom stereocenters. The Morgan fingerprint density at radius 1 is 1.45 bits per heavy atom. The third-order valence-corrected chi connectivity index (χ3v) is 4.36. The van der Waals surface area contributed by atoms with E-state index in [4.69, 9.17) is 10.5 Å². The maximum absolute atomic E-state index is 11.8. The fourth-order valence-electron chi connectivity index (χ4n) is 3.09. The van der Waals surface area contributed by atoms with E-state index in [1.54, 1.807) is 0 Å². The zero-order chi connectivity index (χ0) is 13.7. The van der Waals surface area contributed by atoms with Gasteiger partial charge in [0.05, 0.1) is 5.69 Å². The van der Waals surface area contributed by atoms with Crippen molar-refractivity contribution in [3.8, 4) is 5.75 Å². The highest BCUT2D eigenvalue weighted by Gasteiger charge is 2.36. The Balaban J connectivity index is 0.00000147. The average Bonchev–Trinajstić information content (AvgIpc) is 2.69. The Bertz CT molecular complexity index is 559. The molecule has 1 aromatic rings. The van der Waals surface area contributed by atoms with Crippen molar-refractivity contribution < 1.29 is 9.53 Å². The number of nitrogens with two attached hydrogens (primary N) is 1. The molecule has 2 heterocycles. The van der Waals surface area contributed by atoms with Gasteiger partial charge in [-0.3, -0.25) is 4.79 Å². The number of carbonyl (C=O) groups is 1. The van der Waals surface area contributed by atoms with Gasteiger partial charge in [-0.25, -0.2) is 0 Å². The Hall–Kier alpha value is -1.26. The molecular weight excluding hydrogens is 276 g/mol. The monoisotopic (exact) mass is 296 g/mol. The fraction of sp³-hybridized carbons (Fsp3) is 0.533. The number of carbonyl (C=O) groups excluding carboxylic acids is 1. The molecule has 0 fully saturated rings. The highest BCUT2D eigenvalue weighted by atomic mass is 35.5. The molecule has 2 aliphatic heterocycles. The number of hydrogen-bond donors (Lipinski definition) is 2. The van der Waals surface area contributed by atoms with Crippen LogP contribution in [0.15, 0.2) is 6.07 Å². The first-order chi connectivity index (χ1) is 9.02. The van der Waals surface area contributed by atoms with E-state index in [1.807, 2.05) is 13.8 Å². The molecule has 0 aromatic heterocycles. The van der Waals surface area contributed by atoms with Gasteiger partial charge in [0.2, 0.25) is 5.91 Å². The molecule has 0 radical (unpaired) electrons. The minimum Gasteiger partial charge on any atom is -0.488 e. The molecule has 1 aromatic carbocycles. The largest absolute Gasteiger partial charge is 0.488 e. The van der Waals surface area contributed by atoms with Gasteiger partial charge in [-0.05, 0) is 25.0 Å². The van der Waals surface area contributed by atoms with Gasteiger partial charge in [-0.2, -0.15) is 0 Å². The van der Waals surface area contributed by atoms with E-state index in [0.29, 0.717) is 12.5 Å². The van der Waals surface area contributed by atoms with Gasteiger partial charge in [-0.15, -0.1) is 12.4 Å². The molecule has 5 heteroatoms. The summed E-state index contributed by atoms with van der Waals surface area (Å²) in [5.74, 6) is 1.36. The van der Waals surface area contributed by atoms with Crippen LogP contribution in [0.3, 0.4) is 0 Å². The molecule has 0 aliphatic carbocycles. The third kappa shape index (κ3) is 2.07. The second-order valence-electron chi connectivity index (χ2n) is 5.74. The van der Waals surface area contributed by atoms with E-state index in [0.717, 1.165) is 29.0 Å². The lowest BCUT2D eigenvalue weighted by molar-refractivity contribution is -0.119. The van der Waals surface area contributed by atoms with Crippen LogP contribution in [0, 0.1) is 12.8 Å². The number of anilines is 1. The topological polar surface area (TPSA) is 64.3 Å². The Morgan fingerprint density at radius 2 is 2.15 bits per heavy atom. The van der Waals surface area contributed by atoms with E-state index in [-0.39, 0.29) is 30.3 Å². The summed E-state index contributed by atoms with van der Waals surface area (Å²) < 4.78 is 6.03. The van der Waals surface area contributed by atoms with Crippen molar-refractivity contribution in [2.45, 2.75) is 39.2 Å². The number of nitrogens with one attached hydrogen (secondary N) is 1. The zero-order valence-electron chi connectivity index (χ0n) is 12.0. The third-order valence-electron chi connectivity index (χ3n) is 4.36. The van der Waals surface area contributed by atoms with Crippen molar-refractivity contribution in [2.75, 3.05) is 11.9 Å². The van der Waals surface area contributed by atoms with Crippen molar-refractivity contribution in [1.82, 2.24) is 0 Å². The molecule has 1 amide bonds. The second-order valence-corrected chi connectivity index (χ2v) is 5.74. The van der Waals surface area contributed by atoms with E-state index in [2.05, 4.69) is 18.3 Å². The maximum Gasteiger partial charge on any atom is 0.227 e. The van der Waals surface area contributed by atoms with E-state index in [9.17, 15) is 4.79 Å². The first kappa shape index (κ1) is 15.1. The SMILES string of the molecule is Cc1cc2c(c3c1NC(=O)C(C)C3)OC(CN)C2C.Cl. The van der Waals surface area contributed by atoms with Crippen LogP contribution in [0.1, 0.15) is 36.5 Å². The van der Waals surface area contributed by atoms with E-state index in [1.165, 1.54) is 5.56 Å². The molecule has 0 saturated heterocycles. The quantitative estimate of drug-likeness (QED) is 0.836. The average molecular weight is 297 g/mol. The van der Waals surface area contributed by atoms with Gasteiger partial charge < -0.3 is 15.8 Å². The van der Waals surface area contributed by atoms with Crippen LogP contribution in [0.25, 0.3) is 0 Å². The number of amides is 1. The molecule has 0 bridgehead atoms. The Labute approximate surface area is 125 Å². The number of rotatable bonds is 1. The van der Waals surface area contributed by atoms with Gasteiger partial charge in [0.25, 0.3) is 0 Å². The smallest absolute Gasteiger partial charge is 0.227 e. The molecule has 20 heavy (non-hydrogen) atoms. The van der Waals surface area contributed by atoms with Crippen molar-refractivity contribution in [2.24, 2.45) is 11.7 Å². The van der Waals surface area contributed by atoms with Crippen LogP contribution in [-0.2, 0) is 11.2 Å². The van der Waals surface area contributed by atoms with E-state index < -0.39 is 0 Å². The number of ether oxygens (including phenoxy) is 1. The summed E-state index contributed by atoms with van der Waals surface area (Å²) in [6, 6.07) is 2.13. The summed E-state index contributed by atoms with van der Waals surface area (Å²) in [5.41, 5.74) is 10.2. The van der Waals surface area contributed by atoms with Crippen LogP contribution in [0.2, 0.25) is 0 Å². The zero-order valence-corrected chi connectivity index (χ0v) is 12.8. The van der Waals surface area contributed by atoms with Crippen LogP contribution in [0.4, 0.5) is 5.69 Å². The normalized spacial score (nSPS) is 27.0. The number of benzene rings is 1. The Kier molecular flexibility index (Phi) is 3.98. The standard InChI is InChI=1S/C15H20N2O2.ClH/c1-7-4-10-9(3)12(6-16)19-14(10)11-5-8(2)15(18)17-13(7)11;/h4,8-9,12H,5-6,16H2,1-3H3,(H,17,18);1H. The minimum absolute atomic E-state index is 0. The number of hydrogen-bond acceptors (Lipinski definition) is 3. The molecule has 2 aliphatic rings. The summed E-state index contributed by atoms with van der Waals surface area (Å²) in [6.45, 7) is 6.66. The Morgan fingerprint density at radius 3 is 2.80 bits per heavy atom. The summed E-state index contributed by atoms with van der Waals surface area (Å²) in [7, 11) is 0. The highest BCUT2D eigenvalue weighted by Crippen LogP contribution is 2.46. The molecule has 110 valence electrons. The molecular formula is C15H21ClN2O2. The summed E-state index contributed by atoms with van der Waals surface area (Å²) in [6.07, 6.45) is 0.795. The van der Waals surface area contributed by atoms with Gasteiger partial charge in [-0.1, -0.05) is 13.8 Å². The van der Waals surface area contributed by atoms with Crippen molar-refractivity contribution in [3.05, 3.63) is 22.8 Å². The molecule has 0 saturated carbocycles. The van der Waals surface area contributed by atoms with Gasteiger partial charge in [0.15, 0.2) is 0 Å². The summed E-state index contributed by atoms with van der Waals surface area (Å²) in [4.78, 5) is 11.8. The van der Waals surface area contributed by atoms with Crippen molar-refractivity contribution in [1.29, 1.82) is 0 Å².